The fraction of sp³-hybridized carbons (Fsp3) is 0.692. The molecule has 2 amide bonds. The Kier molecular flexibility index (Phi) is 10.0. The Morgan fingerprint density at radius 1 is 0.938 bits per heavy atom. The third-order valence-corrected chi connectivity index (χ3v) is 7.03. The first-order valence-electron chi connectivity index (χ1n) is 12.6. The first kappa shape index (κ1) is 24.7. The van der Waals surface area contributed by atoms with Crippen LogP contribution in [-0.4, -0.2) is 66.1 Å². The van der Waals surface area contributed by atoms with Gasteiger partial charge in [0.2, 0.25) is 11.8 Å². The molecule has 1 saturated heterocycles. The monoisotopic (exact) mass is 443 g/mol. The molecule has 2 heterocycles. The SMILES string of the molecule is CC(=O)N1CCCCCCCCN(CC(=O)N2CCC(CCO)CC2)Cc2ccccc21. The summed E-state index contributed by atoms with van der Waals surface area (Å²) >= 11 is 0. The van der Waals surface area contributed by atoms with Crippen LogP contribution in [0.4, 0.5) is 5.69 Å². The third kappa shape index (κ3) is 7.31. The number of carbonyl (C=O) groups excluding carboxylic acids is 2. The van der Waals surface area contributed by atoms with Gasteiger partial charge in [0.05, 0.1) is 6.54 Å². The van der Waals surface area contributed by atoms with Crippen LogP contribution in [0.5, 0.6) is 0 Å². The molecule has 0 aromatic heterocycles. The van der Waals surface area contributed by atoms with E-state index in [4.69, 9.17) is 0 Å². The number of benzene rings is 1. The van der Waals surface area contributed by atoms with Crippen molar-refractivity contribution in [3.63, 3.8) is 0 Å². The van der Waals surface area contributed by atoms with Crippen LogP contribution in [0.1, 0.15) is 70.3 Å². The number of para-hydroxylation sites is 1. The molecule has 1 aromatic rings. The van der Waals surface area contributed by atoms with Gasteiger partial charge in [-0.2, -0.15) is 0 Å². The van der Waals surface area contributed by atoms with Crippen molar-refractivity contribution in [2.75, 3.05) is 44.2 Å². The summed E-state index contributed by atoms with van der Waals surface area (Å²) in [5, 5.41) is 9.18. The summed E-state index contributed by atoms with van der Waals surface area (Å²) in [7, 11) is 0. The van der Waals surface area contributed by atoms with Crippen molar-refractivity contribution in [3.05, 3.63) is 29.8 Å². The summed E-state index contributed by atoms with van der Waals surface area (Å²) in [6.07, 6.45) is 9.72. The molecule has 0 atom stereocenters. The number of anilines is 1. The lowest BCUT2D eigenvalue weighted by Crippen LogP contribution is -2.44. The van der Waals surface area contributed by atoms with Crippen LogP contribution >= 0.6 is 0 Å². The Hall–Kier alpha value is -1.92. The minimum atomic E-state index is 0.0840. The van der Waals surface area contributed by atoms with Crippen molar-refractivity contribution in [2.45, 2.75) is 71.3 Å². The Balaban J connectivity index is 1.71. The number of aliphatic hydroxyl groups is 1. The maximum Gasteiger partial charge on any atom is 0.236 e. The Morgan fingerprint density at radius 2 is 1.59 bits per heavy atom. The Labute approximate surface area is 193 Å². The summed E-state index contributed by atoms with van der Waals surface area (Å²) in [4.78, 5) is 31.7. The fourth-order valence-corrected chi connectivity index (χ4v) is 5.07. The second kappa shape index (κ2) is 12.9. The third-order valence-electron chi connectivity index (χ3n) is 7.03. The Bertz CT molecular complexity index is 731. The molecule has 6 heteroatoms. The van der Waals surface area contributed by atoms with Gasteiger partial charge in [0, 0.05) is 45.4 Å². The normalized spacial score (nSPS) is 20.1. The van der Waals surface area contributed by atoms with Crippen LogP contribution in [0.15, 0.2) is 24.3 Å². The van der Waals surface area contributed by atoms with Crippen LogP contribution in [0.2, 0.25) is 0 Å². The van der Waals surface area contributed by atoms with Gasteiger partial charge < -0.3 is 14.9 Å². The molecule has 2 aliphatic rings. The molecule has 0 unspecified atom stereocenters. The van der Waals surface area contributed by atoms with Crippen LogP contribution < -0.4 is 4.90 Å². The molecule has 0 aliphatic carbocycles. The van der Waals surface area contributed by atoms with Crippen LogP contribution in [0.3, 0.4) is 0 Å². The standard InChI is InChI=1S/C26H41N3O3/c1-22(31)29-16-9-5-3-2-4-8-15-27(20-24-10-6-7-11-25(24)29)21-26(32)28-17-12-23(13-18-28)14-19-30/h6-7,10-11,23,30H,2-5,8-9,12-21H2,1H3. The van der Waals surface area contributed by atoms with Crippen molar-refractivity contribution < 1.29 is 14.7 Å². The molecule has 1 N–H and O–H groups in total. The minimum absolute atomic E-state index is 0.0840. The molecule has 3 rings (SSSR count). The fourth-order valence-electron chi connectivity index (χ4n) is 5.07. The largest absolute Gasteiger partial charge is 0.396 e. The van der Waals surface area contributed by atoms with Crippen molar-refractivity contribution in [1.82, 2.24) is 9.80 Å². The van der Waals surface area contributed by atoms with Crippen molar-refractivity contribution in [1.29, 1.82) is 0 Å². The van der Waals surface area contributed by atoms with E-state index in [9.17, 15) is 14.7 Å². The minimum Gasteiger partial charge on any atom is -0.396 e. The van der Waals surface area contributed by atoms with E-state index in [1.165, 1.54) is 19.3 Å². The average molecular weight is 444 g/mol. The van der Waals surface area contributed by atoms with E-state index in [0.717, 1.165) is 76.0 Å². The lowest BCUT2D eigenvalue weighted by Gasteiger charge is -2.34. The van der Waals surface area contributed by atoms with Crippen LogP contribution in [0.25, 0.3) is 0 Å². The Morgan fingerprint density at radius 3 is 2.28 bits per heavy atom. The quantitative estimate of drug-likeness (QED) is 0.768. The maximum atomic E-state index is 13.1. The van der Waals surface area contributed by atoms with Gasteiger partial charge in [-0.25, -0.2) is 0 Å². The van der Waals surface area contributed by atoms with Crippen LogP contribution in [0, 0.1) is 5.92 Å². The zero-order chi connectivity index (χ0) is 22.8. The van der Waals surface area contributed by atoms with Gasteiger partial charge >= 0.3 is 0 Å². The van der Waals surface area contributed by atoms with Gasteiger partial charge in [-0.3, -0.25) is 14.5 Å². The lowest BCUT2D eigenvalue weighted by atomic mass is 9.94. The van der Waals surface area contributed by atoms with Crippen molar-refractivity contribution in [3.8, 4) is 0 Å². The molecule has 0 radical (unpaired) electrons. The molecule has 1 fully saturated rings. The number of hydrogen-bond acceptors (Lipinski definition) is 4. The van der Waals surface area contributed by atoms with Gasteiger partial charge in [-0.1, -0.05) is 43.9 Å². The van der Waals surface area contributed by atoms with Crippen molar-refractivity contribution >= 4 is 17.5 Å². The highest BCUT2D eigenvalue weighted by Crippen LogP contribution is 2.25. The highest BCUT2D eigenvalue weighted by Gasteiger charge is 2.25. The molecule has 6 nitrogen and oxygen atoms in total. The number of rotatable bonds is 4. The first-order chi connectivity index (χ1) is 15.6. The van der Waals surface area contributed by atoms with E-state index in [1.807, 2.05) is 28.0 Å². The second-order valence-electron chi connectivity index (χ2n) is 9.47. The van der Waals surface area contributed by atoms with Gasteiger partial charge in [0.15, 0.2) is 0 Å². The average Bonchev–Trinajstić information content (AvgIpc) is 2.80. The summed E-state index contributed by atoms with van der Waals surface area (Å²) in [6, 6.07) is 8.17. The summed E-state index contributed by atoms with van der Waals surface area (Å²) in [5.41, 5.74) is 2.11. The molecular formula is C26H41N3O3. The highest BCUT2D eigenvalue weighted by atomic mass is 16.3. The lowest BCUT2D eigenvalue weighted by molar-refractivity contribution is -0.134. The topological polar surface area (TPSA) is 64.1 Å². The van der Waals surface area contributed by atoms with Crippen LogP contribution in [-0.2, 0) is 16.1 Å². The molecular weight excluding hydrogens is 402 g/mol. The molecule has 2 aliphatic heterocycles. The number of piperidine rings is 1. The van der Waals surface area contributed by atoms with Gasteiger partial charge in [0.1, 0.15) is 0 Å². The number of aliphatic hydroxyl groups excluding tert-OH is 1. The van der Waals surface area contributed by atoms with E-state index in [-0.39, 0.29) is 18.4 Å². The zero-order valence-electron chi connectivity index (χ0n) is 19.8. The summed E-state index contributed by atoms with van der Waals surface area (Å²) < 4.78 is 0. The molecule has 178 valence electrons. The summed E-state index contributed by atoms with van der Waals surface area (Å²) in [6.45, 7) is 6.26. The first-order valence-corrected chi connectivity index (χ1v) is 12.6. The summed E-state index contributed by atoms with van der Waals surface area (Å²) in [5.74, 6) is 0.831. The highest BCUT2D eigenvalue weighted by molar-refractivity contribution is 5.92. The van der Waals surface area contributed by atoms with E-state index >= 15 is 0 Å². The number of hydrogen-bond donors (Lipinski definition) is 1. The zero-order valence-corrected chi connectivity index (χ0v) is 19.8. The van der Waals surface area contributed by atoms with E-state index in [1.54, 1.807) is 6.92 Å². The number of amides is 2. The predicted molar refractivity (Wildman–Crippen MR) is 128 cm³/mol. The number of nitrogens with zero attached hydrogens (tertiary/aromatic N) is 3. The molecule has 0 spiro atoms. The molecule has 0 saturated carbocycles. The van der Waals surface area contributed by atoms with Gasteiger partial charge in [-0.15, -0.1) is 0 Å². The number of carbonyl (C=O) groups is 2. The molecule has 1 aromatic carbocycles. The van der Waals surface area contributed by atoms with Gasteiger partial charge in [0.25, 0.3) is 0 Å². The van der Waals surface area contributed by atoms with Crippen molar-refractivity contribution in [2.24, 2.45) is 5.92 Å². The number of fused-ring (bicyclic) bond motifs is 1. The van der Waals surface area contributed by atoms with E-state index < -0.39 is 0 Å². The van der Waals surface area contributed by atoms with Gasteiger partial charge in [-0.05, 0) is 56.2 Å². The predicted octanol–water partition coefficient (Wildman–Crippen LogP) is 3.82. The molecule has 32 heavy (non-hydrogen) atoms. The number of likely N-dealkylation sites (tertiary alicyclic amines) is 1. The molecule has 0 bridgehead atoms. The second-order valence-corrected chi connectivity index (χ2v) is 9.47. The smallest absolute Gasteiger partial charge is 0.236 e. The maximum absolute atomic E-state index is 13.1. The van der Waals surface area contributed by atoms with E-state index in [2.05, 4.69) is 11.0 Å². The van der Waals surface area contributed by atoms with E-state index in [0.29, 0.717) is 19.0 Å².